The number of halogens is 5. The molecule has 5 nitrogen and oxygen atoms in total. The Kier molecular flexibility index (Phi) is 6.24. The van der Waals surface area contributed by atoms with Gasteiger partial charge in [0.15, 0.2) is 0 Å². The third-order valence-corrected chi connectivity index (χ3v) is 5.23. The van der Waals surface area contributed by atoms with Crippen LogP contribution in [0.25, 0.3) is 0 Å². The summed E-state index contributed by atoms with van der Waals surface area (Å²) in [6, 6.07) is 5.55. The van der Waals surface area contributed by atoms with E-state index in [1.165, 1.54) is 13.0 Å². The predicted octanol–water partition coefficient (Wildman–Crippen LogP) is 4.29. The molecule has 2 rings (SSSR count). The first-order chi connectivity index (χ1) is 12.8. The highest BCUT2D eigenvalue weighted by Gasteiger charge is 2.34. The van der Waals surface area contributed by atoms with E-state index in [1.54, 1.807) is 0 Å². The van der Waals surface area contributed by atoms with Crippen LogP contribution in [0.1, 0.15) is 12.5 Å². The lowest BCUT2D eigenvalue weighted by atomic mass is 10.1. The second-order valence-corrected chi connectivity index (χ2v) is 8.17. The summed E-state index contributed by atoms with van der Waals surface area (Å²) < 4.78 is 77.0. The SMILES string of the molecule is C[C@H](C(=O)Nc1ccc(F)c(Cl)c1)N(c1cccc(C(F)(F)F)c1)S(C)(=O)=O. The Morgan fingerprint density at radius 2 is 1.82 bits per heavy atom. The smallest absolute Gasteiger partial charge is 0.324 e. The average molecular weight is 439 g/mol. The van der Waals surface area contributed by atoms with E-state index >= 15 is 0 Å². The molecule has 11 heteroatoms. The van der Waals surface area contributed by atoms with Gasteiger partial charge in [0.1, 0.15) is 11.9 Å². The predicted molar refractivity (Wildman–Crippen MR) is 98.3 cm³/mol. The number of alkyl halides is 3. The fraction of sp³-hybridized carbons (Fsp3) is 0.235. The van der Waals surface area contributed by atoms with Crippen molar-refractivity contribution in [3.05, 3.63) is 58.9 Å². The molecular formula is C17H15ClF4N2O3S. The Bertz CT molecular complexity index is 996. The second kappa shape index (κ2) is 7.96. The van der Waals surface area contributed by atoms with Gasteiger partial charge in [-0.3, -0.25) is 9.10 Å². The van der Waals surface area contributed by atoms with Crippen LogP contribution in [0.5, 0.6) is 0 Å². The van der Waals surface area contributed by atoms with Crippen LogP contribution in [0.15, 0.2) is 42.5 Å². The standard InChI is InChI=1S/C17H15ClF4N2O3S/c1-10(16(25)23-12-6-7-15(19)14(18)9-12)24(28(2,26)27)13-5-3-4-11(8-13)17(20,21)22/h3-10H,1-2H3,(H,23,25)/t10-/m1/s1. The van der Waals surface area contributed by atoms with Crippen LogP contribution < -0.4 is 9.62 Å². The van der Waals surface area contributed by atoms with Crippen molar-refractivity contribution in [3.8, 4) is 0 Å². The van der Waals surface area contributed by atoms with Crippen LogP contribution in [0.3, 0.4) is 0 Å². The number of rotatable bonds is 5. The number of hydrogen-bond acceptors (Lipinski definition) is 3. The van der Waals surface area contributed by atoms with Crippen molar-refractivity contribution in [2.24, 2.45) is 0 Å². The average Bonchev–Trinajstić information content (AvgIpc) is 2.56. The van der Waals surface area contributed by atoms with E-state index in [4.69, 9.17) is 11.6 Å². The van der Waals surface area contributed by atoms with Gasteiger partial charge in [-0.1, -0.05) is 17.7 Å². The molecule has 0 aromatic heterocycles. The lowest BCUT2D eigenvalue weighted by molar-refractivity contribution is -0.137. The molecule has 2 aromatic carbocycles. The van der Waals surface area contributed by atoms with Gasteiger partial charge in [0.05, 0.1) is 22.5 Å². The van der Waals surface area contributed by atoms with E-state index in [-0.39, 0.29) is 16.4 Å². The third kappa shape index (κ3) is 5.14. The van der Waals surface area contributed by atoms with Gasteiger partial charge in [-0.2, -0.15) is 13.2 Å². The molecular weight excluding hydrogens is 424 g/mol. The zero-order chi connectivity index (χ0) is 21.3. The van der Waals surface area contributed by atoms with Crippen molar-refractivity contribution in [1.82, 2.24) is 0 Å². The summed E-state index contributed by atoms with van der Waals surface area (Å²) in [6.07, 6.45) is -3.92. The highest BCUT2D eigenvalue weighted by Crippen LogP contribution is 2.33. The minimum absolute atomic E-state index is 0.0979. The van der Waals surface area contributed by atoms with Crippen molar-refractivity contribution in [1.29, 1.82) is 0 Å². The lowest BCUT2D eigenvalue weighted by Gasteiger charge is -2.28. The summed E-state index contributed by atoms with van der Waals surface area (Å²) in [7, 11) is -4.11. The molecule has 0 saturated heterocycles. The van der Waals surface area contributed by atoms with Gasteiger partial charge < -0.3 is 5.32 Å². The molecule has 0 radical (unpaired) electrons. The first kappa shape index (κ1) is 22.0. The van der Waals surface area contributed by atoms with Crippen LogP contribution in [0.2, 0.25) is 5.02 Å². The molecule has 0 unspecified atom stereocenters. The molecule has 0 saturated carbocycles. The first-order valence-corrected chi connectivity index (χ1v) is 9.96. The van der Waals surface area contributed by atoms with Crippen LogP contribution in [-0.2, 0) is 21.0 Å². The maximum atomic E-state index is 13.2. The molecule has 1 N–H and O–H groups in total. The maximum Gasteiger partial charge on any atom is 0.416 e. The number of hydrogen-bond donors (Lipinski definition) is 1. The van der Waals surface area contributed by atoms with E-state index in [9.17, 15) is 30.8 Å². The topological polar surface area (TPSA) is 66.5 Å². The summed E-state index contributed by atoms with van der Waals surface area (Å²) >= 11 is 5.63. The molecule has 0 aliphatic rings. The number of carbonyl (C=O) groups is 1. The van der Waals surface area contributed by atoms with Crippen molar-refractivity contribution in [3.63, 3.8) is 0 Å². The largest absolute Gasteiger partial charge is 0.416 e. The fourth-order valence-electron chi connectivity index (χ4n) is 2.45. The molecule has 1 atom stereocenters. The van der Waals surface area contributed by atoms with E-state index < -0.39 is 39.5 Å². The van der Waals surface area contributed by atoms with Gasteiger partial charge in [-0.15, -0.1) is 0 Å². The summed E-state index contributed by atoms with van der Waals surface area (Å²) in [5.41, 5.74) is -1.28. The summed E-state index contributed by atoms with van der Waals surface area (Å²) in [5.74, 6) is -1.56. The number of anilines is 2. The van der Waals surface area contributed by atoms with E-state index in [2.05, 4.69) is 5.32 Å². The number of benzene rings is 2. The molecule has 0 aliphatic heterocycles. The van der Waals surface area contributed by atoms with Crippen molar-refractivity contribution >= 4 is 38.9 Å². The minimum Gasteiger partial charge on any atom is -0.324 e. The highest BCUT2D eigenvalue weighted by molar-refractivity contribution is 7.92. The van der Waals surface area contributed by atoms with Crippen LogP contribution in [-0.4, -0.2) is 26.6 Å². The summed E-state index contributed by atoms with van der Waals surface area (Å²) in [6.45, 7) is 1.21. The second-order valence-electron chi connectivity index (χ2n) is 5.90. The fourth-order valence-corrected chi connectivity index (χ4v) is 3.80. The van der Waals surface area contributed by atoms with E-state index in [1.807, 2.05) is 0 Å². The van der Waals surface area contributed by atoms with Gasteiger partial charge in [0.25, 0.3) is 0 Å². The molecule has 0 aliphatic carbocycles. The molecule has 2 aromatic rings. The number of amides is 1. The Morgan fingerprint density at radius 1 is 1.18 bits per heavy atom. The van der Waals surface area contributed by atoms with Gasteiger partial charge in [-0.25, -0.2) is 12.8 Å². The molecule has 28 heavy (non-hydrogen) atoms. The minimum atomic E-state index is -4.68. The number of nitrogens with one attached hydrogen (secondary N) is 1. The van der Waals surface area contributed by atoms with Gasteiger partial charge in [0.2, 0.25) is 15.9 Å². The Balaban J connectivity index is 2.38. The van der Waals surface area contributed by atoms with Gasteiger partial charge >= 0.3 is 6.18 Å². The molecule has 1 amide bonds. The highest BCUT2D eigenvalue weighted by atomic mass is 35.5. The van der Waals surface area contributed by atoms with Gasteiger partial charge in [-0.05, 0) is 43.3 Å². The lowest BCUT2D eigenvalue weighted by Crippen LogP contribution is -2.45. The number of sulfonamides is 1. The number of carbonyl (C=O) groups excluding carboxylic acids is 1. The summed E-state index contributed by atoms with van der Waals surface area (Å²) in [5, 5.41) is 2.10. The Labute approximate surface area is 164 Å². The zero-order valence-electron chi connectivity index (χ0n) is 14.6. The molecule has 0 fully saturated rings. The quantitative estimate of drug-likeness (QED) is 0.708. The van der Waals surface area contributed by atoms with E-state index in [0.29, 0.717) is 10.4 Å². The van der Waals surface area contributed by atoms with Crippen molar-refractivity contribution < 1.29 is 30.8 Å². The summed E-state index contributed by atoms with van der Waals surface area (Å²) in [4.78, 5) is 12.5. The monoisotopic (exact) mass is 438 g/mol. The van der Waals surface area contributed by atoms with Crippen LogP contribution in [0.4, 0.5) is 28.9 Å². The Morgan fingerprint density at radius 3 is 2.36 bits per heavy atom. The molecule has 0 bridgehead atoms. The van der Waals surface area contributed by atoms with Crippen molar-refractivity contribution in [2.75, 3.05) is 15.9 Å². The first-order valence-electron chi connectivity index (χ1n) is 7.73. The third-order valence-electron chi connectivity index (χ3n) is 3.70. The van der Waals surface area contributed by atoms with Crippen LogP contribution >= 0.6 is 11.6 Å². The molecule has 0 heterocycles. The normalized spacial score (nSPS) is 13.1. The van der Waals surface area contributed by atoms with Crippen molar-refractivity contribution in [2.45, 2.75) is 19.1 Å². The molecule has 152 valence electrons. The number of nitrogens with zero attached hydrogens (tertiary/aromatic N) is 1. The van der Waals surface area contributed by atoms with E-state index in [0.717, 1.165) is 36.6 Å². The zero-order valence-corrected chi connectivity index (χ0v) is 16.2. The Hall–Kier alpha value is -2.33. The van der Waals surface area contributed by atoms with Crippen LogP contribution in [0, 0.1) is 5.82 Å². The molecule has 0 spiro atoms. The van der Waals surface area contributed by atoms with Gasteiger partial charge in [0, 0.05) is 5.69 Å². The maximum absolute atomic E-state index is 13.2.